The number of aromatic nitrogens is 1. The number of benzene rings is 2. The van der Waals surface area contributed by atoms with Crippen LogP contribution in [0.25, 0.3) is 0 Å². The third kappa shape index (κ3) is 5.82. The van der Waals surface area contributed by atoms with Crippen molar-refractivity contribution in [3.05, 3.63) is 77.6 Å². The first-order chi connectivity index (χ1) is 15.4. The Morgan fingerprint density at radius 3 is 1.69 bits per heavy atom. The van der Waals surface area contributed by atoms with Gasteiger partial charge in [0.1, 0.15) is 30.8 Å². The summed E-state index contributed by atoms with van der Waals surface area (Å²) in [6, 6.07) is 16.7. The average Bonchev–Trinajstić information content (AvgIpc) is 2.82. The first kappa shape index (κ1) is 23.2. The molecule has 7 nitrogen and oxygen atoms in total. The number of pyridine rings is 1. The fourth-order valence-electron chi connectivity index (χ4n) is 3.07. The molecule has 0 amide bonds. The van der Waals surface area contributed by atoms with E-state index in [0.29, 0.717) is 17.2 Å². The van der Waals surface area contributed by atoms with Crippen LogP contribution in [0.15, 0.2) is 60.8 Å². The first-order valence-electron chi connectivity index (χ1n) is 10.4. The minimum Gasteiger partial charge on any atom is -0.497 e. The molecule has 3 aromatic rings. The maximum atomic E-state index is 10.5. The zero-order valence-electron chi connectivity index (χ0n) is 18.8. The number of methoxy groups -OCH3 is 2. The Bertz CT molecular complexity index is 1000. The van der Waals surface area contributed by atoms with Gasteiger partial charge < -0.3 is 24.1 Å². The summed E-state index contributed by atoms with van der Waals surface area (Å²) >= 11 is 0. The second-order valence-corrected chi connectivity index (χ2v) is 7.73. The van der Waals surface area contributed by atoms with Crippen LogP contribution in [0.1, 0.15) is 36.8 Å². The quantitative estimate of drug-likeness (QED) is 0.365. The zero-order chi connectivity index (χ0) is 23.1. The van der Waals surface area contributed by atoms with E-state index in [1.807, 2.05) is 62.4 Å². The van der Waals surface area contributed by atoms with Crippen LogP contribution < -0.4 is 23.7 Å². The van der Waals surface area contributed by atoms with Crippen molar-refractivity contribution in [2.75, 3.05) is 14.2 Å². The fraction of sp³-hybridized carbons (Fsp3) is 0.320. The van der Waals surface area contributed by atoms with E-state index in [-0.39, 0.29) is 19.1 Å². The molecule has 0 saturated heterocycles. The molecule has 3 rings (SSSR count). The average molecular weight is 441 g/mol. The van der Waals surface area contributed by atoms with E-state index in [4.69, 9.17) is 18.9 Å². The highest BCUT2D eigenvalue weighted by Crippen LogP contribution is 2.31. The number of aliphatic hydroxyl groups is 1. The van der Waals surface area contributed by atoms with Gasteiger partial charge in [0.25, 0.3) is 11.9 Å². The standard InChI is InChI=1S/C25H30NO6/c1-17(2)25(27)22-13-23(31-15-18-5-9-20(29-3)10-6-18)24(14-26(22)28)32-16-19-7-11-21(30-4)12-8-19/h5-14,17,25,27-28H,15-16H2,1-4H3/q+1. The van der Waals surface area contributed by atoms with Crippen LogP contribution in [-0.4, -0.2) is 24.5 Å². The smallest absolute Gasteiger partial charge is 0.268 e. The number of ether oxygens (including phenoxy) is 4. The predicted molar refractivity (Wildman–Crippen MR) is 118 cm³/mol. The number of hydrogen-bond acceptors (Lipinski definition) is 6. The number of rotatable bonds is 10. The summed E-state index contributed by atoms with van der Waals surface area (Å²) < 4.78 is 23.2. The van der Waals surface area contributed by atoms with Crippen molar-refractivity contribution >= 4 is 0 Å². The van der Waals surface area contributed by atoms with Crippen molar-refractivity contribution in [3.8, 4) is 23.0 Å². The molecular weight excluding hydrogens is 410 g/mol. The number of nitrogens with zero attached hydrogens (tertiary/aromatic N) is 1. The highest BCUT2D eigenvalue weighted by atomic mass is 16.5. The molecule has 1 heterocycles. The lowest BCUT2D eigenvalue weighted by molar-refractivity contribution is -0.911. The molecule has 0 aliphatic carbocycles. The maximum Gasteiger partial charge on any atom is 0.268 e. The van der Waals surface area contributed by atoms with Crippen LogP contribution in [0.3, 0.4) is 0 Å². The summed E-state index contributed by atoms with van der Waals surface area (Å²) in [7, 11) is 3.23. The monoisotopic (exact) mass is 440 g/mol. The van der Waals surface area contributed by atoms with Gasteiger partial charge in [-0.2, -0.15) is 0 Å². The largest absolute Gasteiger partial charge is 0.497 e. The summed E-state index contributed by atoms with van der Waals surface area (Å²) in [5, 5.41) is 20.9. The lowest BCUT2D eigenvalue weighted by Gasteiger charge is -2.15. The minimum atomic E-state index is -0.862. The molecule has 0 fully saturated rings. The molecule has 0 bridgehead atoms. The second-order valence-electron chi connectivity index (χ2n) is 7.73. The molecule has 2 aromatic carbocycles. The van der Waals surface area contributed by atoms with Gasteiger partial charge in [-0.1, -0.05) is 38.1 Å². The Kier molecular flexibility index (Phi) is 7.78. The summed E-state index contributed by atoms with van der Waals surface area (Å²) in [5.74, 6) is 2.22. The second kappa shape index (κ2) is 10.7. The lowest BCUT2D eigenvalue weighted by atomic mass is 10.0. The van der Waals surface area contributed by atoms with Crippen molar-refractivity contribution in [1.29, 1.82) is 0 Å². The van der Waals surface area contributed by atoms with Crippen molar-refractivity contribution < 1.29 is 34.0 Å². The van der Waals surface area contributed by atoms with E-state index in [0.717, 1.165) is 27.4 Å². The van der Waals surface area contributed by atoms with Gasteiger partial charge in [-0.3, -0.25) is 5.21 Å². The fourth-order valence-corrected chi connectivity index (χ4v) is 3.07. The van der Waals surface area contributed by atoms with E-state index >= 15 is 0 Å². The third-order valence-corrected chi connectivity index (χ3v) is 5.07. The summed E-state index contributed by atoms with van der Waals surface area (Å²) in [5.41, 5.74) is 2.20. The van der Waals surface area contributed by atoms with Gasteiger partial charge in [-0.15, -0.1) is 0 Å². The minimum absolute atomic E-state index is 0.0890. The van der Waals surface area contributed by atoms with Crippen LogP contribution in [0.4, 0.5) is 0 Å². The van der Waals surface area contributed by atoms with Gasteiger partial charge in [0.2, 0.25) is 5.75 Å². The van der Waals surface area contributed by atoms with Crippen molar-refractivity contribution in [2.45, 2.75) is 33.2 Å². The molecule has 0 aliphatic heterocycles. The van der Waals surface area contributed by atoms with Gasteiger partial charge in [-0.25, -0.2) is 0 Å². The molecule has 0 spiro atoms. The van der Waals surface area contributed by atoms with Gasteiger partial charge in [-0.05, 0) is 41.3 Å². The zero-order valence-corrected chi connectivity index (χ0v) is 18.8. The summed E-state index contributed by atoms with van der Waals surface area (Å²) in [6.07, 6.45) is 0.548. The number of hydrogen-bond donors (Lipinski definition) is 2. The van der Waals surface area contributed by atoms with Crippen LogP contribution >= 0.6 is 0 Å². The van der Waals surface area contributed by atoms with Gasteiger partial charge in [0.15, 0.2) is 5.75 Å². The molecule has 170 valence electrons. The van der Waals surface area contributed by atoms with Crippen molar-refractivity contribution in [2.24, 2.45) is 5.92 Å². The topological polar surface area (TPSA) is 81.3 Å². The van der Waals surface area contributed by atoms with Gasteiger partial charge >= 0.3 is 0 Å². The Balaban J connectivity index is 1.82. The first-order valence-corrected chi connectivity index (χ1v) is 10.4. The van der Waals surface area contributed by atoms with E-state index in [1.54, 1.807) is 20.3 Å². The normalized spacial score (nSPS) is 11.8. The van der Waals surface area contributed by atoms with Crippen molar-refractivity contribution in [3.63, 3.8) is 0 Å². The van der Waals surface area contributed by atoms with Gasteiger partial charge in [0, 0.05) is 4.73 Å². The SMILES string of the molecule is COc1ccc(COc2cc(C(O)C(C)C)[n+](O)cc2OCc2ccc(OC)cc2)cc1. The lowest BCUT2D eigenvalue weighted by Crippen LogP contribution is -2.37. The molecule has 0 radical (unpaired) electrons. The van der Waals surface area contributed by atoms with Crippen LogP contribution in [0.2, 0.25) is 0 Å². The Labute approximate surface area is 188 Å². The van der Waals surface area contributed by atoms with E-state index in [9.17, 15) is 10.3 Å². The highest BCUT2D eigenvalue weighted by Gasteiger charge is 2.27. The summed E-state index contributed by atoms with van der Waals surface area (Å²) in [4.78, 5) is 0. The molecular formula is C25H30NO6+. The van der Waals surface area contributed by atoms with E-state index in [2.05, 4.69) is 0 Å². The molecule has 0 aliphatic rings. The highest BCUT2D eigenvalue weighted by molar-refractivity contribution is 5.38. The van der Waals surface area contributed by atoms with Gasteiger partial charge in [0.05, 0.1) is 20.3 Å². The molecule has 1 aromatic heterocycles. The van der Waals surface area contributed by atoms with Crippen LogP contribution in [0, 0.1) is 5.92 Å². The Morgan fingerprint density at radius 2 is 1.25 bits per heavy atom. The predicted octanol–water partition coefficient (Wildman–Crippen LogP) is 4.08. The van der Waals surface area contributed by atoms with Crippen molar-refractivity contribution in [1.82, 2.24) is 0 Å². The molecule has 32 heavy (non-hydrogen) atoms. The Morgan fingerprint density at radius 1 is 0.781 bits per heavy atom. The van der Waals surface area contributed by atoms with Crippen LogP contribution in [-0.2, 0) is 13.2 Å². The molecule has 1 unspecified atom stereocenters. The molecule has 2 N–H and O–H groups in total. The van der Waals surface area contributed by atoms with Crippen LogP contribution in [0.5, 0.6) is 23.0 Å². The number of aliphatic hydroxyl groups excluding tert-OH is 1. The maximum absolute atomic E-state index is 10.5. The van der Waals surface area contributed by atoms with E-state index in [1.165, 1.54) is 6.20 Å². The van der Waals surface area contributed by atoms with E-state index < -0.39 is 6.10 Å². The summed E-state index contributed by atoms with van der Waals surface area (Å²) in [6.45, 7) is 4.30. The Hall–Kier alpha value is -3.45. The molecule has 1 atom stereocenters. The molecule has 7 heteroatoms. The molecule has 0 saturated carbocycles. The third-order valence-electron chi connectivity index (χ3n) is 5.07.